The summed E-state index contributed by atoms with van der Waals surface area (Å²) in [6, 6.07) is 21.5. The highest BCUT2D eigenvalue weighted by atomic mass is 32.1. The lowest BCUT2D eigenvalue weighted by molar-refractivity contribution is 0.405. The van der Waals surface area contributed by atoms with Gasteiger partial charge in [0, 0.05) is 22.6 Å². The predicted molar refractivity (Wildman–Crippen MR) is 159 cm³/mol. The second kappa shape index (κ2) is 11.2. The Morgan fingerprint density at radius 1 is 0.974 bits per heavy atom. The molecule has 0 spiro atoms. The molecule has 0 radical (unpaired) electrons. The predicted octanol–water partition coefficient (Wildman–Crippen LogP) is 6.65. The smallest absolute Gasteiger partial charge is 0.199 e. The first-order valence-electron chi connectivity index (χ1n) is 11.9. The molecule has 0 saturated carbocycles. The molecular formula is C29H24F2N6S2. The Kier molecular flexibility index (Phi) is 8.01. The SMILES string of the molecule is Cc1ccc(N2C(=S)N(c3ccc(C#N)c(C)c3)C(=NC(=S)Nc3ccc(C#N)c(CF)c3)C2(C)CF)cc1. The number of rotatable bonds is 5. The van der Waals surface area contributed by atoms with Crippen molar-refractivity contribution in [2.24, 2.45) is 4.99 Å². The van der Waals surface area contributed by atoms with Crippen LogP contribution in [0.4, 0.5) is 25.8 Å². The molecule has 1 heterocycles. The van der Waals surface area contributed by atoms with Crippen LogP contribution in [0.15, 0.2) is 65.7 Å². The van der Waals surface area contributed by atoms with E-state index in [1.54, 1.807) is 41.0 Å². The maximum Gasteiger partial charge on any atom is 0.199 e. The van der Waals surface area contributed by atoms with Gasteiger partial charge in [0.1, 0.15) is 24.7 Å². The van der Waals surface area contributed by atoms with E-state index in [0.29, 0.717) is 27.7 Å². The fourth-order valence-corrected chi connectivity index (χ4v) is 5.11. The Labute approximate surface area is 236 Å². The third-order valence-electron chi connectivity index (χ3n) is 6.54. The number of nitrogens with one attached hydrogen (secondary N) is 1. The number of nitrogens with zero attached hydrogens (tertiary/aromatic N) is 5. The monoisotopic (exact) mass is 558 g/mol. The van der Waals surface area contributed by atoms with E-state index in [2.05, 4.69) is 16.4 Å². The summed E-state index contributed by atoms with van der Waals surface area (Å²) in [5, 5.41) is 21.8. The van der Waals surface area contributed by atoms with Crippen molar-refractivity contribution in [3.63, 3.8) is 0 Å². The lowest BCUT2D eigenvalue weighted by Crippen LogP contribution is -2.49. The number of benzene rings is 3. The highest BCUT2D eigenvalue weighted by Crippen LogP contribution is 2.38. The molecule has 1 saturated heterocycles. The Balaban J connectivity index is 1.83. The maximum absolute atomic E-state index is 15.1. The van der Waals surface area contributed by atoms with Gasteiger partial charge in [-0.25, -0.2) is 13.8 Å². The number of nitriles is 2. The third-order valence-corrected chi connectivity index (χ3v) is 7.10. The summed E-state index contributed by atoms with van der Waals surface area (Å²) in [5.74, 6) is 0.247. The molecule has 3 aromatic rings. The molecule has 0 aliphatic carbocycles. The number of thiocarbonyl (C=S) groups is 2. The highest BCUT2D eigenvalue weighted by Gasteiger charge is 2.52. The number of hydrogen-bond donors (Lipinski definition) is 1. The minimum absolute atomic E-state index is 0.00288. The van der Waals surface area contributed by atoms with Crippen LogP contribution >= 0.6 is 24.4 Å². The minimum atomic E-state index is -1.32. The van der Waals surface area contributed by atoms with Crippen LogP contribution in [0.3, 0.4) is 0 Å². The summed E-state index contributed by atoms with van der Waals surface area (Å²) in [6.45, 7) is 3.81. The molecule has 196 valence electrons. The summed E-state index contributed by atoms with van der Waals surface area (Å²) in [6.07, 6.45) is 0. The molecule has 1 fully saturated rings. The first kappa shape index (κ1) is 27.8. The van der Waals surface area contributed by atoms with Gasteiger partial charge in [-0.05, 0) is 99.3 Å². The third kappa shape index (κ3) is 5.22. The van der Waals surface area contributed by atoms with E-state index in [0.717, 1.165) is 11.1 Å². The zero-order chi connectivity index (χ0) is 28.3. The fourth-order valence-electron chi connectivity index (χ4n) is 4.41. The van der Waals surface area contributed by atoms with Crippen molar-refractivity contribution in [3.8, 4) is 12.1 Å². The molecule has 1 unspecified atom stereocenters. The summed E-state index contributed by atoms with van der Waals surface area (Å²) in [5.41, 5.74) is 3.12. The zero-order valence-electron chi connectivity index (χ0n) is 21.5. The normalized spacial score (nSPS) is 17.7. The van der Waals surface area contributed by atoms with Crippen LogP contribution in [0.5, 0.6) is 0 Å². The van der Waals surface area contributed by atoms with Crippen LogP contribution in [-0.4, -0.2) is 28.3 Å². The summed E-state index contributed by atoms with van der Waals surface area (Å²) in [4.78, 5) is 8.00. The summed E-state index contributed by atoms with van der Waals surface area (Å²) in [7, 11) is 0. The average Bonchev–Trinajstić information content (AvgIpc) is 3.14. The number of aliphatic imine (C=N–C) groups is 1. The lowest BCUT2D eigenvalue weighted by Gasteiger charge is -2.32. The van der Waals surface area contributed by atoms with E-state index in [1.165, 1.54) is 12.1 Å². The van der Waals surface area contributed by atoms with Gasteiger partial charge in [0.2, 0.25) is 0 Å². The largest absolute Gasteiger partial charge is 0.331 e. The van der Waals surface area contributed by atoms with Gasteiger partial charge in [-0.15, -0.1) is 0 Å². The molecule has 1 aliphatic rings. The van der Waals surface area contributed by atoms with E-state index in [4.69, 9.17) is 24.4 Å². The Hall–Kier alpha value is -4.25. The van der Waals surface area contributed by atoms with E-state index in [-0.39, 0.29) is 22.1 Å². The van der Waals surface area contributed by atoms with Crippen molar-refractivity contribution in [2.75, 3.05) is 21.8 Å². The highest BCUT2D eigenvalue weighted by molar-refractivity contribution is 7.81. The molecule has 1 N–H and O–H groups in total. The van der Waals surface area contributed by atoms with E-state index in [1.807, 2.05) is 44.2 Å². The molecule has 10 heteroatoms. The molecule has 6 nitrogen and oxygen atoms in total. The van der Waals surface area contributed by atoms with Crippen LogP contribution < -0.4 is 15.1 Å². The average molecular weight is 559 g/mol. The number of amidine groups is 1. The van der Waals surface area contributed by atoms with Crippen molar-refractivity contribution < 1.29 is 8.78 Å². The number of aryl methyl sites for hydroxylation is 2. The number of halogens is 2. The van der Waals surface area contributed by atoms with Crippen LogP contribution in [0.25, 0.3) is 0 Å². The second-order valence-electron chi connectivity index (χ2n) is 9.29. The summed E-state index contributed by atoms with van der Waals surface area (Å²) < 4.78 is 28.5. The lowest BCUT2D eigenvalue weighted by atomic mass is 10.00. The van der Waals surface area contributed by atoms with Gasteiger partial charge in [-0.2, -0.15) is 10.5 Å². The van der Waals surface area contributed by atoms with Crippen LogP contribution in [0, 0.1) is 36.5 Å². The molecule has 1 aliphatic heterocycles. The molecule has 4 rings (SSSR count). The first-order valence-corrected chi connectivity index (χ1v) is 12.7. The topological polar surface area (TPSA) is 78.4 Å². The van der Waals surface area contributed by atoms with Gasteiger partial charge in [0.05, 0.1) is 23.3 Å². The number of hydrogen-bond acceptors (Lipinski definition) is 4. The molecule has 1 atom stereocenters. The van der Waals surface area contributed by atoms with Gasteiger partial charge >= 0.3 is 0 Å². The Morgan fingerprint density at radius 2 is 1.62 bits per heavy atom. The van der Waals surface area contributed by atoms with Crippen molar-refractivity contribution in [1.82, 2.24) is 0 Å². The molecular weight excluding hydrogens is 534 g/mol. The van der Waals surface area contributed by atoms with Gasteiger partial charge in [-0.3, -0.25) is 4.90 Å². The molecule has 3 aromatic carbocycles. The number of anilines is 3. The molecule has 39 heavy (non-hydrogen) atoms. The van der Waals surface area contributed by atoms with Crippen LogP contribution in [0.2, 0.25) is 0 Å². The van der Waals surface area contributed by atoms with E-state index >= 15 is 4.39 Å². The number of alkyl halides is 2. The Morgan fingerprint density at radius 3 is 2.21 bits per heavy atom. The molecule has 0 amide bonds. The first-order chi connectivity index (χ1) is 18.7. The van der Waals surface area contributed by atoms with Gasteiger partial charge < -0.3 is 10.2 Å². The second-order valence-corrected chi connectivity index (χ2v) is 10.0. The summed E-state index contributed by atoms with van der Waals surface area (Å²) >= 11 is 11.4. The van der Waals surface area contributed by atoms with Crippen LogP contribution in [0.1, 0.15) is 34.7 Å². The van der Waals surface area contributed by atoms with Crippen LogP contribution in [-0.2, 0) is 6.67 Å². The van der Waals surface area contributed by atoms with Crippen molar-refractivity contribution in [1.29, 1.82) is 10.5 Å². The van der Waals surface area contributed by atoms with Crippen molar-refractivity contribution >= 4 is 57.6 Å². The van der Waals surface area contributed by atoms with Gasteiger partial charge in [-0.1, -0.05) is 17.7 Å². The zero-order valence-corrected chi connectivity index (χ0v) is 23.1. The molecule has 0 aromatic heterocycles. The fraction of sp³-hybridized carbons (Fsp3) is 0.207. The van der Waals surface area contributed by atoms with Gasteiger partial charge in [0.15, 0.2) is 10.2 Å². The van der Waals surface area contributed by atoms with Gasteiger partial charge in [0.25, 0.3) is 0 Å². The Bertz CT molecular complexity index is 1570. The minimum Gasteiger partial charge on any atom is -0.331 e. The maximum atomic E-state index is 15.1. The van der Waals surface area contributed by atoms with Crippen molar-refractivity contribution in [3.05, 3.63) is 88.5 Å². The van der Waals surface area contributed by atoms with E-state index in [9.17, 15) is 14.9 Å². The standard InChI is InChI=1S/C29H24F2N6S2/c1-18-4-9-24(10-5-18)37-28(39)36(25-11-7-20(15-32)19(2)12-25)26(29(37,3)17-31)35-27(38)34-23-8-6-21(16-33)22(13-23)14-30/h4-13H,14,17H2,1-3H3,(H,34,38). The van der Waals surface area contributed by atoms with E-state index < -0.39 is 18.9 Å². The van der Waals surface area contributed by atoms with Crippen molar-refractivity contribution in [2.45, 2.75) is 33.0 Å². The molecule has 0 bridgehead atoms. The quantitative estimate of drug-likeness (QED) is 0.351.